The van der Waals surface area contributed by atoms with Gasteiger partial charge in [0.2, 0.25) is 0 Å². The maximum absolute atomic E-state index is 12.9. The number of methoxy groups -OCH3 is 1. The van der Waals surface area contributed by atoms with E-state index in [1.165, 1.54) is 25.9 Å². The molecule has 120 valence electrons. The van der Waals surface area contributed by atoms with Crippen molar-refractivity contribution in [2.24, 2.45) is 5.92 Å². The summed E-state index contributed by atoms with van der Waals surface area (Å²) in [4.78, 5) is 17.6. The zero-order chi connectivity index (χ0) is 14.4. The van der Waals surface area contributed by atoms with Crippen LogP contribution in [0.2, 0.25) is 0 Å². The summed E-state index contributed by atoms with van der Waals surface area (Å²) in [6.45, 7) is 4.33. The maximum atomic E-state index is 12.9. The molecule has 4 nitrogen and oxygen atoms in total. The molecule has 4 aliphatic heterocycles. The van der Waals surface area contributed by atoms with Crippen molar-refractivity contribution in [3.8, 4) is 5.75 Å². The number of amides is 1. The number of piperidine rings is 3. The molecule has 1 aromatic rings. The van der Waals surface area contributed by atoms with Crippen molar-refractivity contribution in [3.05, 3.63) is 29.3 Å². The summed E-state index contributed by atoms with van der Waals surface area (Å²) in [5.74, 6) is 1.76. The topological polar surface area (TPSA) is 32.8 Å². The van der Waals surface area contributed by atoms with Crippen LogP contribution in [0.4, 0.5) is 0 Å². The molecular weight excluding hydrogens is 300 g/mol. The van der Waals surface area contributed by atoms with E-state index in [4.69, 9.17) is 4.74 Å². The van der Waals surface area contributed by atoms with Crippen molar-refractivity contribution >= 4 is 18.3 Å². The van der Waals surface area contributed by atoms with E-state index in [2.05, 4.69) is 9.80 Å². The molecular formula is C17H23ClN2O2. The van der Waals surface area contributed by atoms with Crippen LogP contribution in [-0.4, -0.2) is 55.0 Å². The van der Waals surface area contributed by atoms with E-state index in [-0.39, 0.29) is 18.3 Å². The fourth-order valence-corrected chi connectivity index (χ4v) is 4.31. The lowest BCUT2D eigenvalue weighted by Crippen LogP contribution is -2.59. The van der Waals surface area contributed by atoms with Gasteiger partial charge in [-0.3, -0.25) is 4.79 Å². The third kappa shape index (κ3) is 2.38. The van der Waals surface area contributed by atoms with E-state index in [0.717, 1.165) is 36.4 Å². The number of hydrogen-bond donors (Lipinski definition) is 0. The monoisotopic (exact) mass is 322 g/mol. The first-order valence-electron chi connectivity index (χ1n) is 7.97. The lowest BCUT2D eigenvalue weighted by Gasteiger charge is -2.50. The quantitative estimate of drug-likeness (QED) is 0.837. The van der Waals surface area contributed by atoms with Crippen molar-refractivity contribution in [2.75, 3.05) is 33.3 Å². The van der Waals surface area contributed by atoms with E-state index in [1.807, 2.05) is 18.2 Å². The van der Waals surface area contributed by atoms with Crippen molar-refractivity contribution in [1.29, 1.82) is 0 Å². The minimum Gasteiger partial charge on any atom is -0.496 e. The molecule has 1 aromatic carbocycles. The Morgan fingerprint density at radius 2 is 1.95 bits per heavy atom. The Hall–Kier alpha value is -1.26. The van der Waals surface area contributed by atoms with Crippen LogP contribution in [0.5, 0.6) is 5.75 Å². The molecule has 0 spiro atoms. The van der Waals surface area contributed by atoms with Crippen LogP contribution in [0.3, 0.4) is 0 Å². The Balaban J connectivity index is 0.00000144. The first-order valence-corrected chi connectivity index (χ1v) is 7.97. The van der Waals surface area contributed by atoms with Gasteiger partial charge in [-0.05, 0) is 50.4 Å². The molecule has 1 atom stereocenters. The molecule has 0 N–H and O–H groups in total. The highest BCUT2D eigenvalue weighted by molar-refractivity contribution is 5.97. The predicted octanol–water partition coefficient (Wildman–Crippen LogP) is 2.21. The normalized spacial score (nSPS) is 29.8. The number of benzene rings is 1. The third-order valence-corrected chi connectivity index (χ3v) is 5.47. The second kappa shape index (κ2) is 6.09. The SMILES string of the molecule is COc1cccc2c1CCN(C1CN3CCC1CC3)C2=O.Cl. The highest BCUT2D eigenvalue weighted by Gasteiger charge is 2.41. The summed E-state index contributed by atoms with van der Waals surface area (Å²) < 4.78 is 5.41. The van der Waals surface area contributed by atoms with Crippen LogP contribution in [-0.2, 0) is 6.42 Å². The second-order valence-electron chi connectivity index (χ2n) is 6.44. The van der Waals surface area contributed by atoms with Crippen LogP contribution in [0.1, 0.15) is 28.8 Å². The Morgan fingerprint density at radius 1 is 1.18 bits per heavy atom. The van der Waals surface area contributed by atoms with Crippen LogP contribution in [0, 0.1) is 5.92 Å². The van der Waals surface area contributed by atoms with Gasteiger partial charge in [0.1, 0.15) is 5.75 Å². The Bertz CT molecular complexity index is 570. The molecule has 0 saturated carbocycles. The van der Waals surface area contributed by atoms with Gasteiger partial charge < -0.3 is 14.5 Å². The molecule has 5 heteroatoms. The number of rotatable bonds is 2. The van der Waals surface area contributed by atoms with Crippen molar-refractivity contribution in [1.82, 2.24) is 9.80 Å². The average molecular weight is 323 g/mol. The van der Waals surface area contributed by atoms with Gasteiger partial charge in [-0.2, -0.15) is 0 Å². The molecule has 1 amide bonds. The Labute approximate surface area is 137 Å². The van der Waals surface area contributed by atoms with Gasteiger partial charge in [-0.25, -0.2) is 0 Å². The standard InChI is InChI=1S/C17H22N2O2.ClH/c1-21-16-4-2-3-14-13(16)7-10-19(17(14)20)15-11-18-8-5-12(15)6-9-18;/h2-4,12,15H,5-11H2,1H3;1H. The molecule has 5 rings (SSSR count). The fraction of sp³-hybridized carbons (Fsp3) is 0.588. The zero-order valence-corrected chi connectivity index (χ0v) is 13.8. The van der Waals surface area contributed by atoms with Crippen LogP contribution in [0.15, 0.2) is 18.2 Å². The van der Waals surface area contributed by atoms with Crippen molar-refractivity contribution in [3.63, 3.8) is 0 Å². The molecule has 22 heavy (non-hydrogen) atoms. The number of ether oxygens (including phenoxy) is 1. The smallest absolute Gasteiger partial charge is 0.254 e. The number of carbonyl (C=O) groups is 1. The molecule has 0 radical (unpaired) electrons. The lowest BCUT2D eigenvalue weighted by atomic mass is 9.82. The van der Waals surface area contributed by atoms with E-state index in [0.29, 0.717) is 12.0 Å². The van der Waals surface area contributed by atoms with Gasteiger partial charge in [-0.15, -0.1) is 12.4 Å². The van der Waals surface area contributed by atoms with Crippen molar-refractivity contribution < 1.29 is 9.53 Å². The van der Waals surface area contributed by atoms with E-state index < -0.39 is 0 Å². The van der Waals surface area contributed by atoms with Gasteiger partial charge in [0.05, 0.1) is 7.11 Å². The van der Waals surface area contributed by atoms with Gasteiger partial charge in [0, 0.05) is 30.3 Å². The fourth-order valence-electron chi connectivity index (χ4n) is 4.31. The number of carbonyl (C=O) groups excluding carboxylic acids is 1. The third-order valence-electron chi connectivity index (χ3n) is 5.47. The van der Waals surface area contributed by atoms with Gasteiger partial charge in [0.25, 0.3) is 5.91 Å². The number of fused-ring (bicyclic) bond motifs is 4. The summed E-state index contributed by atoms with van der Waals surface area (Å²) in [7, 11) is 1.68. The molecule has 0 aromatic heterocycles. The van der Waals surface area contributed by atoms with Gasteiger partial charge >= 0.3 is 0 Å². The van der Waals surface area contributed by atoms with Crippen LogP contribution in [0.25, 0.3) is 0 Å². The van der Waals surface area contributed by atoms with Crippen LogP contribution < -0.4 is 4.74 Å². The van der Waals surface area contributed by atoms with E-state index in [1.54, 1.807) is 7.11 Å². The predicted molar refractivity (Wildman–Crippen MR) is 87.9 cm³/mol. The minimum atomic E-state index is 0. The summed E-state index contributed by atoms with van der Waals surface area (Å²) in [5.41, 5.74) is 1.93. The Morgan fingerprint density at radius 3 is 2.59 bits per heavy atom. The second-order valence-corrected chi connectivity index (χ2v) is 6.44. The summed E-state index contributed by atoms with van der Waals surface area (Å²) >= 11 is 0. The first kappa shape index (κ1) is 15.6. The maximum Gasteiger partial charge on any atom is 0.254 e. The zero-order valence-electron chi connectivity index (χ0n) is 13.0. The molecule has 4 heterocycles. The summed E-state index contributed by atoms with van der Waals surface area (Å²) in [6, 6.07) is 6.25. The van der Waals surface area contributed by atoms with Gasteiger partial charge in [-0.1, -0.05) is 6.07 Å². The Kier molecular flexibility index (Phi) is 4.33. The molecule has 4 aliphatic rings. The van der Waals surface area contributed by atoms with E-state index in [9.17, 15) is 4.79 Å². The van der Waals surface area contributed by atoms with Gasteiger partial charge in [0.15, 0.2) is 0 Å². The molecule has 3 saturated heterocycles. The number of hydrogen-bond acceptors (Lipinski definition) is 3. The highest BCUT2D eigenvalue weighted by Crippen LogP contribution is 2.35. The summed E-state index contributed by atoms with van der Waals surface area (Å²) in [5, 5.41) is 0. The largest absolute Gasteiger partial charge is 0.496 e. The molecule has 2 bridgehead atoms. The highest BCUT2D eigenvalue weighted by atomic mass is 35.5. The molecule has 1 unspecified atom stereocenters. The van der Waals surface area contributed by atoms with Crippen molar-refractivity contribution in [2.45, 2.75) is 25.3 Å². The molecule has 3 fully saturated rings. The average Bonchev–Trinajstić information content (AvgIpc) is 2.56. The van der Waals surface area contributed by atoms with Crippen LogP contribution >= 0.6 is 12.4 Å². The lowest BCUT2D eigenvalue weighted by molar-refractivity contribution is 0.00596. The molecule has 0 aliphatic carbocycles. The number of nitrogens with zero attached hydrogens (tertiary/aromatic N) is 2. The van der Waals surface area contributed by atoms with E-state index >= 15 is 0 Å². The summed E-state index contributed by atoms with van der Waals surface area (Å²) in [6.07, 6.45) is 3.41. The number of halogens is 1. The minimum absolute atomic E-state index is 0. The first-order chi connectivity index (χ1) is 10.3.